The van der Waals surface area contributed by atoms with Gasteiger partial charge in [0, 0.05) is 30.5 Å². The number of amides is 1. The molecule has 1 fully saturated rings. The Hall–Kier alpha value is -2.63. The molecule has 0 saturated carbocycles. The van der Waals surface area contributed by atoms with E-state index in [9.17, 15) is 9.59 Å². The molecule has 6 heteroatoms. The van der Waals surface area contributed by atoms with Gasteiger partial charge >= 0.3 is 5.97 Å². The molecule has 1 amide bonds. The minimum absolute atomic E-state index is 0.191. The molecule has 0 spiro atoms. The lowest BCUT2D eigenvalue weighted by atomic mass is 9.88. The fourth-order valence-electron chi connectivity index (χ4n) is 2.74. The van der Waals surface area contributed by atoms with E-state index in [4.69, 9.17) is 4.74 Å². The summed E-state index contributed by atoms with van der Waals surface area (Å²) in [6.07, 6.45) is 5.29. The summed E-state index contributed by atoms with van der Waals surface area (Å²) < 4.78 is 6.91. The summed E-state index contributed by atoms with van der Waals surface area (Å²) in [5.74, 6) is -1.68. The predicted molar refractivity (Wildman–Crippen MR) is 79.4 cm³/mol. The van der Waals surface area contributed by atoms with Crippen LogP contribution in [0.15, 0.2) is 43.0 Å². The van der Waals surface area contributed by atoms with Crippen LogP contribution in [0, 0.1) is 5.92 Å². The van der Waals surface area contributed by atoms with E-state index in [-0.39, 0.29) is 18.4 Å². The third-order valence-electron chi connectivity index (χ3n) is 3.85. The van der Waals surface area contributed by atoms with E-state index in [0.717, 1.165) is 11.3 Å². The Labute approximate surface area is 128 Å². The second kappa shape index (κ2) is 6.01. The first kappa shape index (κ1) is 14.3. The van der Waals surface area contributed by atoms with Crippen LogP contribution >= 0.6 is 0 Å². The van der Waals surface area contributed by atoms with Gasteiger partial charge in [-0.15, -0.1) is 0 Å². The number of esters is 1. The Balaban J connectivity index is 1.83. The summed E-state index contributed by atoms with van der Waals surface area (Å²) in [6, 6.07) is 7.77. The van der Waals surface area contributed by atoms with Crippen LogP contribution < -0.4 is 5.32 Å². The number of nitrogens with zero attached hydrogens (tertiary/aromatic N) is 2. The lowest BCUT2D eigenvalue weighted by Gasteiger charge is -2.16. The highest BCUT2D eigenvalue weighted by Gasteiger charge is 2.42. The average Bonchev–Trinajstić information content (AvgIpc) is 3.17. The van der Waals surface area contributed by atoms with E-state index in [1.807, 2.05) is 35.0 Å². The molecular weight excluding hydrogens is 282 g/mol. The monoisotopic (exact) mass is 299 g/mol. The van der Waals surface area contributed by atoms with Crippen molar-refractivity contribution in [1.29, 1.82) is 0 Å². The maximum atomic E-state index is 12.0. The minimum atomic E-state index is -0.765. The number of hydrogen-bond donors (Lipinski definition) is 1. The van der Waals surface area contributed by atoms with Crippen molar-refractivity contribution in [2.45, 2.75) is 12.8 Å². The molecule has 0 bridgehead atoms. The zero-order valence-corrected chi connectivity index (χ0v) is 12.2. The Kier molecular flexibility index (Phi) is 3.91. The number of rotatable bonds is 4. The molecule has 1 aliphatic heterocycles. The molecule has 1 aliphatic rings. The topological polar surface area (TPSA) is 73.2 Å². The van der Waals surface area contributed by atoms with Gasteiger partial charge in [-0.05, 0) is 24.6 Å². The molecule has 1 saturated heterocycles. The van der Waals surface area contributed by atoms with Gasteiger partial charge in [-0.3, -0.25) is 9.59 Å². The Morgan fingerprint density at radius 3 is 2.82 bits per heavy atom. The molecule has 0 radical (unpaired) electrons. The molecule has 2 unspecified atom stereocenters. The standard InChI is InChI=1S/C16H17N3O3/c1-2-22-16(21)14-13(9-18-15(14)20)11-3-5-12(6-4-11)19-8-7-17-10-19/h3-8,10,13-14H,2,9H2,1H3,(H,18,20). The molecule has 1 aromatic carbocycles. The van der Waals surface area contributed by atoms with Crippen LogP contribution in [0.3, 0.4) is 0 Å². The zero-order valence-electron chi connectivity index (χ0n) is 12.2. The Morgan fingerprint density at radius 1 is 1.41 bits per heavy atom. The van der Waals surface area contributed by atoms with E-state index in [0.29, 0.717) is 6.54 Å². The molecular formula is C16H17N3O3. The summed E-state index contributed by atoms with van der Waals surface area (Å²) >= 11 is 0. The van der Waals surface area contributed by atoms with Gasteiger partial charge in [0.1, 0.15) is 5.92 Å². The van der Waals surface area contributed by atoms with Gasteiger partial charge in [-0.2, -0.15) is 0 Å². The molecule has 2 atom stereocenters. The smallest absolute Gasteiger partial charge is 0.319 e. The fourth-order valence-corrected chi connectivity index (χ4v) is 2.74. The largest absolute Gasteiger partial charge is 0.465 e. The molecule has 2 heterocycles. The molecule has 2 aromatic rings. The highest BCUT2D eigenvalue weighted by molar-refractivity contribution is 6.00. The number of carbonyl (C=O) groups excluding carboxylic acids is 2. The van der Waals surface area contributed by atoms with Gasteiger partial charge < -0.3 is 14.6 Å². The van der Waals surface area contributed by atoms with Crippen molar-refractivity contribution >= 4 is 11.9 Å². The molecule has 1 aromatic heterocycles. The van der Waals surface area contributed by atoms with Crippen LogP contribution in [-0.4, -0.2) is 34.6 Å². The Morgan fingerprint density at radius 2 is 2.18 bits per heavy atom. The normalized spacial score (nSPS) is 20.7. The van der Waals surface area contributed by atoms with Crippen molar-refractivity contribution < 1.29 is 14.3 Å². The van der Waals surface area contributed by atoms with Crippen LogP contribution in [-0.2, 0) is 14.3 Å². The number of benzene rings is 1. The third-order valence-corrected chi connectivity index (χ3v) is 3.85. The number of carbonyl (C=O) groups is 2. The molecule has 0 aliphatic carbocycles. The van der Waals surface area contributed by atoms with Crippen LogP contribution in [0.4, 0.5) is 0 Å². The number of imidazole rings is 1. The molecule has 114 valence electrons. The van der Waals surface area contributed by atoms with E-state index in [1.54, 1.807) is 19.4 Å². The minimum Gasteiger partial charge on any atom is -0.465 e. The average molecular weight is 299 g/mol. The van der Waals surface area contributed by atoms with Gasteiger partial charge in [-0.1, -0.05) is 12.1 Å². The first-order valence-electron chi connectivity index (χ1n) is 7.23. The van der Waals surface area contributed by atoms with Gasteiger partial charge in [-0.25, -0.2) is 4.98 Å². The summed E-state index contributed by atoms with van der Waals surface area (Å²) in [4.78, 5) is 27.9. The maximum Gasteiger partial charge on any atom is 0.319 e. The summed E-state index contributed by atoms with van der Waals surface area (Å²) in [7, 11) is 0. The van der Waals surface area contributed by atoms with Crippen molar-refractivity contribution in [2.75, 3.05) is 13.2 Å². The van der Waals surface area contributed by atoms with Gasteiger partial charge in [0.25, 0.3) is 0 Å². The zero-order chi connectivity index (χ0) is 15.5. The van der Waals surface area contributed by atoms with E-state index >= 15 is 0 Å². The van der Waals surface area contributed by atoms with Crippen molar-refractivity contribution in [3.63, 3.8) is 0 Å². The first-order chi connectivity index (χ1) is 10.7. The van der Waals surface area contributed by atoms with Gasteiger partial charge in [0.05, 0.1) is 12.9 Å². The third kappa shape index (κ3) is 2.59. The number of nitrogens with one attached hydrogen (secondary N) is 1. The number of ether oxygens (including phenoxy) is 1. The second-order valence-corrected chi connectivity index (χ2v) is 5.14. The lowest BCUT2D eigenvalue weighted by molar-refractivity contribution is -0.151. The molecule has 3 rings (SSSR count). The van der Waals surface area contributed by atoms with Crippen LogP contribution in [0.25, 0.3) is 5.69 Å². The van der Waals surface area contributed by atoms with Crippen molar-refractivity contribution in [3.8, 4) is 5.69 Å². The van der Waals surface area contributed by atoms with E-state index in [1.165, 1.54) is 0 Å². The molecule has 22 heavy (non-hydrogen) atoms. The fraction of sp³-hybridized carbons (Fsp3) is 0.312. The summed E-state index contributed by atoms with van der Waals surface area (Å²) in [6.45, 7) is 2.46. The number of hydrogen-bond acceptors (Lipinski definition) is 4. The van der Waals surface area contributed by atoms with Crippen molar-refractivity contribution in [3.05, 3.63) is 48.5 Å². The summed E-state index contributed by atoms with van der Waals surface area (Å²) in [5, 5.41) is 2.74. The highest BCUT2D eigenvalue weighted by Crippen LogP contribution is 2.30. The second-order valence-electron chi connectivity index (χ2n) is 5.14. The lowest BCUT2D eigenvalue weighted by Crippen LogP contribution is -2.28. The quantitative estimate of drug-likeness (QED) is 0.681. The van der Waals surface area contributed by atoms with Crippen LogP contribution in [0.1, 0.15) is 18.4 Å². The molecule has 1 N–H and O–H groups in total. The van der Waals surface area contributed by atoms with Gasteiger partial charge in [0.2, 0.25) is 5.91 Å². The van der Waals surface area contributed by atoms with Crippen LogP contribution in [0.5, 0.6) is 0 Å². The molecule has 6 nitrogen and oxygen atoms in total. The number of aromatic nitrogens is 2. The highest BCUT2D eigenvalue weighted by atomic mass is 16.5. The predicted octanol–water partition coefficient (Wildman–Crippen LogP) is 1.26. The van der Waals surface area contributed by atoms with Gasteiger partial charge in [0.15, 0.2) is 0 Å². The van der Waals surface area contributed by atoms with Crippen molar-refractivity contribution in [1.82, 2.24) is 14.9 Å². The first-order valence-corrected chi connectivity index (χ1v) is 7.23. The summed E-state index contributed by atoms with van der Waals surface area (Å²) in [5.41, 5.74) is 1.92. The Bertz CT molecular complexity index is 664. The van der Waals surface area contributed by atoms with E-state index in [2.05, 4.69) is 10.3 Å². The maximum absolute atomic E-state index is 12.0. The van der Waals surface area contributed by atoms with E-state index < -0.39 is 11.9 Å². The van der Waals surface area contributed by atoms with Crippen LogP contribution in [0.2, 0.25) is 0 Å². The SMILES string of the molecule is CCOC(=O)C1C(=O)NCC1c1ccc(-n2ccnc2)cc1. The van der Waals surface area contributed by atoms with Crippen molar-refractivity contribution in [2.24, 2.45) is 5.92 Å².